The number of hydrazine groups is 1. The van der Waals surface area contributed by atoms with Crippen LogP contribution in [-0.2, 0) is 7.05 Å². The standard InChI is InChI=1S/C11H15FN6O/c1-5-7(11(19-4)18(3)17-5)9-14-6(2)8(12)10(15-9)16-13/h13H2,1-4H3,(H,14,15,16). The molecular formula is C11H15FN6O. The molecule has 0 amide bonds. The van der Waals surface area contributed by atoms with Gasteiger partial charge in [0.15, 0.2) is 17.5 Å². The number of nitrogens with two attached hydrogens (primary N) is 1. The average Bonchev–Trinajstić information content (AvgIpc) is 2.66. The summed E-state index contributed by atoms with van der Waals surface area (Å²) < 4.78 is 20.5. The van der Waals surface area contributed by atoms with Crippen molar-refractivity contribution in [3.63, 3.8) is 0 Å². The minimum atomic E-state index is -0.577. The molecule has 2 rings (SSSR count). The van der Waals surface area contributed by atoms with Gasteiger partial charge >= 0.3 is 0 Å². The molecule has 0 aliphatic heterocycles. The van der Waals surface area contributed by atoms with Gasteiger partial charge in [-0.1, -0.05) is 0 Å². The fourth-order valence-corrected chi connectivity index (χ4v) is 1.90. The Morgan fingerprint density at radius 2 is 1.95 bits per heavy atom. The minimum absolute atomic E-state index is 0.0622. The Morgan fingerprint density at radius 3 is 2.53 bits per heavy atom. The molecule has 0 atom stereocenters. The Morgan fingerprint density at radius 1 is 1.26 bits per heavy atom. The molecule has 2 aromatic rings. The second-order valence-electron chi connectivity index (χ2n) is 4.03. The number of nitrogens with zero attached hydrogens (tertiary/aromatic N) is 4. The minimum Gasteiger partial charge on any atom is -0.481 e. The summed E-state index contributed by atoms with van der Waals surface area (Å²) in [6.45, 7) is 3.34. The number of hydrogen-bond acceptors (Lipinski definition) is 6. The lowest BCUT2D eigenvalue weighted by atomic mass is 10.2. The van der Waals surface area contributed by atoms with E-state index >= 15 is 0 Å². The Kier molecular flexibility index (Phi) is 3.34. The molecule has 2 heterocycles. The van der Waals surface area contributed by atoms with Gasteiger partial charge in [-0.2, -0.15) is 5.10 Å². The summed E-state index contributed by atoms with van der Waals surface area (Å²) in [7, 11) is 3.27. The predicted molar refractivity (Wildman–Crippen MR) is 68.0 cm³/mol. The third-order valence-electron chi connectivity index (χ3n) is 2.74. The first-order chi connectivity index (χ1) is 8.99. The molecule has 102 valence electrons. The number of ether oxygens (including phenoxy) is 1. The van der Waals surface area contributed by atoms with Crippen LogP contribution in [0.25, 0.3) is 11.4 Å². The number of anilines is 1. The molecule has 0 spiro atoms. The number of rotatable bonds is 3. The number of nitrogens with one attached hydrogen (secondary N) is 1. The molecule has 0 saturated heterocycles. The highest BCUT2D eigenvalue weighted by atomic mass is 19.1. The van der Waals surface area contributed by atoms with E-state index in [1.54, 1.807) is 25.6 Å². The maximum Gasteiger partial charge on any atom is 0.222 e. The summed E-state index contributed by atoms with van der Waals surface area (Å²) in [5.41, 5.74) is 3.72. The van der Waals surface area contributed by atoms with E-state index in [0.717, 1.165) is 0 Å². The van der Waals surface area contributed by atoms with E-state index in [1.165, 1.54) is 7.11 Å². The zero-order valence-corrected chi connectivity index (χ0v) is 11.2. The quantitative estimate of drug-likeness (QED) is 0.634. The van der Waals surface area contributed by atoms with Crippen molar-refractivity contribution in [2.75, 3.05) is 12.5 Å². The van der Waals surface area contributed by atoms with Crippen LogP contribution in [0, 0.1) is 19.7 Å². The maximum absolute atomic E-state index is 13.7. The first-order valence-corrected chi connectivity index (χ1v) is 5.58. The summed E-state index contributed by atoms with van der Waals surface area (Å²) in [4.78, 5) is 8.17. The predicted octanol–water partition coefficient (Wildman–Crippen LogP) is 0.927. The van der Waals surface area contributed by atoms with Crippen molar-refractivity contribution in [3.8, 4) is 17.3 Å². The second-order valence-corrected chi connectivity index (χ2v) is 4.03. The molecule has 0 saturated carbocycles. The highest BCUT2D eigenvalue weighted by molar-refractivity contribution is 5.66. The zero-order chi connectivity index (χ0) is 14.2. The van der Waals surface area contributed by atoms with Crippen molar-refractivity contribution in [3.05, 3.63) is 17.2 Å². The fourth-order valence-electron chi connectivity index (χ4n) is 1.90. The van der Waals surface area contributed by atoms with Crippen LogP contribution in [0.5, 0.6) is 5.88 Å². The molecule has 0 unspecified atom stereocenters. The van der Waals surface area contributed by atoms with Crippen molar-refractivity contribution in [2.24, 2.45) is 12.9 Å². The Balaban J connectivity index is 2.69. The van der Waals surface area contributed by atoms with Crippen molar-refractivity contribution in [1.29, 1.82) is 0 Å². The van der Waals surface area contributed by atoms with Crippen LogP contribution in [0.15, 0.2) is 0 Å². The van der Waals surface area contributed by atoms with E-state index < -0.39 is 5.82 Å². The second kappa shape index (κ2) is 4.81. The van der Waals surface area contributed by atoms with Gasteiger partial charge in [-0.3, -0.25) is 0 Å². The number of methoxy groups -OCH3 is 1. The van der Waals surface area contributed by atoms with Gasteiger partial charge in [-0.05, 0) is 13.8 Å². The Hall–Kier alpha value is -2.22. The van der Waals surface area contributed by atoms with E-state index in [9.17, 15) is 4.39 Å². The summed E-state index contributed by atoms with van der Waals surface area (Å²) in [5.74, 6) is 5.43. The van der Waals surface area contributed by atoms with Gasteiger partial charge in [0.1, 0.15) is 5.56 Å². The molecule has 2 aromatic heterocycles. The van der Waals surface area contributed by atoms with E-state index in [4.69, 9.17) is 10.6 Å². The molecule has 7 nitrogen and oxygen atoms in total. The molecule has 0 aliphatic carbocycles. The summed E-state index contributed by atoms with van der Waals surface area (Å²) >= 11 is 0. The monoisotopic (exact) mass is 266 g/mol. The van der Waals surface area contributed by atoms with Crippen LogP contribution >= 0.6 is 0 Å². The van der Waals surface area contributed by atoms with Crippen molar-refractivity contribution in [2.45, 2.75) is 13.8 Å². The summed E-state index contributed by atoms with van der Waals surface area (Å²) in [5, 5.41) is 4.23. The molecule has 0 aromatic carbocycles. The van der Waals surface area contributed by atoms with E-state index in [1.807, 2.05) is 0 Å². The van der Waals surface area contributed by atoms with Crippen LogP contribution < -0.4 is 16.0 Å². The van der Waals surface area contributed by atoms with Crippen molar-refractivity contribution in [1.82, 2.24) is 19.7 Å². The number of aromatic nitrogens is 4. The molecule has 0 aliphatic rings. The van der Waals surface area contributed by atoms with Crippen LogP contribution in [0.1, 0.15) is 11.4 Å². The Labute approximate surface area is 109 Å². The molecular weight excluding hydrogens is 251 g/mol. The normalized spacial score (nSPS) is 10.6. The van der Waals surface area contributed by atoms with Crippen LogP contribution in [0.3, 0.4) is 0 Å². The van der Waals surface area contributed by atoms with E-state index in [2.05, 4.69) is 20.5 Å². The van der Waals surface area contributed by atoms with Gasteiger partial charge in [-0.25, -0.2) is 24.9 Å². The molecule has 0 bridgehead atoms. The molecule has 8 heteroatoms. The van der Waals surface area contributed by atoms with Gasteiger partial charge in [-0.15, -0.1) is 0 Å². The maximum atomic E-state index is 13.7. The molecule has 0 fully saturated rings. The molecule has 3 N–H and O–H groups in total. The number of aryl methyl sites for hydroxylation is 3. The van der Waals surface area contributed by atoms with Crippen LogP contribution in [-0.4, -0.2) is 26.9 Å². The molecule has 0 radical (unpaired) electrons. The van der Waals surface area contributed by atoms with Crippen molar-refractivity contribution >= 4 is 5.82 Å². The van der Waals surface area contributed by atoms with Crippen LogP contribution in [0.2, 0.25) is 0 Å². The first kappa shape index (κ1) is 13.2. The summed E-state index contributed by atoms with van der Waals surface area (Å²) in [6, 6.07) is 0. The average molecular weight is 266 g/mol. The summed E-state index contributed by atoms with van der Waals surface area (Å²) in [6.07, 6.45) is 0. The van der Waals surface area contributed by atoms with E-state index in [0.29, 0.717) is 23.0 Å². The van der Waals surface area contributed by atoms with Crippen LogP contribution in [0.4, 0.5) is 10.2 Å². The smallest absolute Gasteiger partial charge is 0.222 e. The lowest BCUT2D eigenvalue weighted by molar-refractivity contribution is 0.374. The third kappa shape index (κ3) is 2.10. The lowest BCUT2D eigenvalue weighted by Crippen LogP contribution is -2.13. The third-order valence-corrected chi connectivity index (χ3v) is 2.74. The lowest BCUT2D eigenvalue weighted by Gasteiger charge is -2.08. The first-order valence-electron chi connectivity index (χ1n) is 5.58. The number of hydrogen-bond donors (Lipinski definition) is 2. The SMILES string of the molecule is COc1c(-c2nc(C)c(F)c(NN)n2)c(C)nn1C. The van der Waals surface area contributed by atoms with Crippen molar-refractivity contribution < 1.29 is 9.13 Å². The largest absolute Gasteiger partial charge is 0.481 e. The Bertz CT molecular complexity index is 624. The molecule has 19 heavy (non-hydrogen) atoms. The zero-order valence-electron chi connectivity index (χ0n) is 11.2. The highest BCUT2D eigenvalue weighted by Gasteiger charge is 2.21. The van der Waals surface area contributed by atoms with E-state index in [-0.39, 0.29) is 11.5 Å². The van der Waals surface area contributed by atoms with Gasteiger partial charge in [0.2, 0.25) is 5.88 Å². The van der Waals surface area contributed by atoms with Gasteiger partial charge < -0.3 is 10.2 Å². The number of nitrogen functional groups attached to an aromatic ring is 1. The van der Waals surface area contributed by atoms with Gasteiger partial charge in [0.05, 0.1) is 18.5 Å². The van der Waals surface area contributed by atoms with Gasteiger partial charge in [0, 0.05) is 7.05 Å². The fraction of sp³-hybridized carbons (Fsp3) is 0.364. The topological polar surface area (TPSA) is 90.9 Å². The van der Waals surface area contributed by atoms with Gasteiger partial charge in [0.25, 0.3) is 0 Å². The number of halogens is 1. The highest BCUT2D eigenvalue weighted by Crippen LogP contribution is 2.31.